The molecule has 1 N–H and O–H groups in total. The van der Waals surface area contributed by atoms with E-state index in [1.54, 1.807) is 12.1 Å². The largest absolute Gasteiger partial charge is 0.354 e. The van der Waals surface area contributed by atoms with Crippen LogP contribution in [0.4, 0.5) is 4.39 Å². The molecule has 0 aliphatic heterocycles. The monoisotopic (exact) mass is 529 g/mol. The Balaban J connectivity index is 1.87. The first-order valence-corrected chi connectivity index (χ1v) is 14.4. The highest BCUT2D eigenvalue weighted by Crippen LogP contribution is 2.20. The number of allylic oxidation sites excluding steroid dienone is 1. The number of rotatable bonds is 12. The molecule has 0 saturated heterocycles. The SMILES string of the molecule is CN(CC(=O)N(Cc1ccc(F)cc1)C(Cc1ccccc1)C(=O)NCCC1=CCCCC1)S(C)(=O)=O. The van der Waals surface area contributed by atoms with Gasteiger partial charge in [-0.05, 0) is 55.4 Å². The number of hydrogen-bond donors (Lipinski definition) is 1. The van der Waals surface area contributed by atoms with Crippen molar-refractivity contribution < 1.29 is 22.4 Å². The number of benzene rings is 2. The van der Waals surface area contributed by atoms with Gasteiger partial charge >= 0.3 is 0 Å². The van der Waals surface area contributed by atoms with Crippen LogP contribution in [0.15, 0.2) is 66.2 Å². The fraction of sp³-hybridized carbons (Fsp3) is 0.429. The topological polar surface area (TPSA) is 86.8 Å². The third-order valence-electron chi connectivity index (χ3n) is 6.59. The minimum absolute atomic E-state index is 0.0345. The molecular weight excluding hydrogens is 493 g/mol. The minimum Gasteiger partial charge on any atom is -0.354 e. The van der Waals surface area contributed by atoms with Crippen LogP contribution in [0.5, 0.6) is 0 Å². The Bertz CT molecular complexity index is 1180. The van der Waals surface area contributed by atoms with Crippen LogP contribution in [0.25, 0.3) is 0 Å². The highest BCUT2D eigenvalue weighted by molar-refractivity contribution is 7.88. The van der Waals surface area contributed by atoms with E-state index in [0.29, 0.717) is 12.1 Å². The van der Waals surface area contributed by atoms with E-state index in [0.717, 1.165) is 41.8 Å². The lowest BCUT2D eigenvalue weighted by atomic mass is 9.97. The predicted octanol–water partition coefficient (Wildman–Crippen LogP) is 3.66. The Morgan fingerprint density at radius 1 is 1.03 bits per heavy atom. The Morgan fingerprint density at radius 2 is 1.73 bits per heavy atom. The van der Waals surface area contributed by atoms with Gasteiger partial charge in [0.15, 0.2) is 0 Å². The summed E-state index contributed by atoms with van der Waals surface area (Å²) < 4.78 is 38.5. The first-order chi connectivity index (χ1) is 17.6. The van der Waals surface area contributed by atoms with Gasteiger partial charge in [0.25, 0.3) is 0 Å². The normalized spacial score (nSPS) is 14.6. The molecule has 200 valence electrons. The predicted molar refractivity (Wildman–Crippen MR) is 143 cm³/mol. The lowest BCUT2D eigenvalue weighted by Crippen LogP contribution is -2.53. The van der Waals surface area contributed by atoms with Gasteiger partial charge in [0.1, 0.15) is 11.9 Å². The summed E-state index contributed by atoms with van der Waals surface area (Å²) in [6, 6.07) is 14.2. The number of likely N-dealkylation sites (N-methyl/N-ethyl adjacent to an activating group) is 1. The zero-order valence-corrected chi connectivity index (χ0v) is 22.3. The van der Waals surface area contributed by atoms with Crippen LogP contribution in [0.1, 0.15) is 43.2 Å². The van der Waals surface area contributed by atoms with Gasteiger partial charge in [-0.2, -0.15) is 4.31 Å². The molecule has 3 rings (SSSR count). The van der Waals surface area contributed by atoms with Crippen molar-refractivity contribution in [3.63, 3.8) is 0 Å². The molecule has 2 aromatic carbocycles. The van der Waals surface area contributed by atoms with Gasteiger partial charge < -0.3 is 10.2 Å². The van der Waals surface area contributed by atoms with E-state index in [4.69, 9.17) is 0 Å². The quantitative estimate of drug-likeness (QED) is 0.425. The second kappa shape index (κ2) is 13.5. The van der Waals surface area contributed by atoms with Gasteiger partial charge in [-0.1, -0.05) is 54.1 Å². The van der Waals surface area contributed by atoms with E-state index in [2.05, 4.69) is 11.4 Å². The standard InChI is InChI=1S/C28H36FN3O4S/c1-31(37(2,35)36)21-27(33)32(20-24-13-15-25(29)16-14-24)26(19-23-11-7-4-8-12-23)28(34)30-18-17-22-9-5-3-6-10-22/h4,7-9,11-16,26H,3,5-6,10,17-21H2,1-2H3,(H,30,34). The smallest absolute Gasteiger partial charge is 0.243 e. The molecule has 1 aliphatic carbocycles. The molecule has 1 atom stereocenters. The Labute approximate surface area is 219 Å². The van der Waals surface area contributed by atoms with Crippen LogP contribution in [-0.2, 0) is 32.6 Å². The third kappa shape index (κ3) is 9.09. The molecule has 7 nitrogen and oxygen atoms in total. The molecule has 1 aliphatic rings. The highest BCUT2D eigenvalue weighted by atomic mass is 32.2. The molecule has 0 radical (unpaired) electrons. The molecule has 0 spiro atoms. The second-order valence-electron chi connectivity index (χ2n) is 9.52. The molecule has 0 heterocycles. The summed E-state index contributed by atoms with van der Waals surface area (Å²) >= 11 is 0. The Morgan fingerprint density at radius 3 is 2.35 bits per heavy atom. The summed E-state index contributed by atoms with van der Waals surface area (Å²) in [6.07, 6.45) is 8.73. The van der Waals surface area contributed by atoms with Crippen molar-refractivity contribution >= 4 is 21.8 Å². The number of halogens is 1. The maximum absolute atomic E-state index is 13.5. The third-order valence-corrected chi connectivity index (χ3v) is 7.85. The van der Waals surface area contributed by atoms with Crippen molar-refractivity contribution in [2.24, 2.45) is 0 Å². The van der Waals surface area contributed by atoms with Crippen LogP contribution < -0.4 is 5.32 Å². The summed E-state index contributed by atoms with van der Waals surface area (Å²) in [5, 5.41) is 3.00. The van der Waals surface area contributed by atoms with Gasteiger partial charge in [-0.3, -0.25) is 9.59 Å². The van der Waals surface area contributed by atoms with Crippen molar-refractivity contribution in [1.82, 2.24) is 14.5 Å². The van der Waals surface area contributed by atoms with Crippen LogP contribution in [-0.4, -0.2) is 61.9 Å². The molecule has 2 aromatic rings. The first-order valence-electron chi connectivity index (χ1n) is 12.6. The summed E-state index contributed by atoms with van der Waals surface area (Å²) in [5.74, 6) is -1.23. The molecule has 9 heteroatoms. The van der Waals surface area contributed by atoms with Crippen molar-refractivity contribution in [2.45, 2.75) is 51.1 Å². The van der Waals surface area contributed by atoms with Crippen molar-refractivity contribution in [1.29, 1.82) is 0 Å². The van der Waals surface area contributed by atoms with Crippen LogP contribution >= 0.6 is 0 Å². The molecule has 2 amide bonds. The zero-order valence-electron chi connectivity index (χ0n) is 21.5. The van der Waals surface area contributed by atoms with Gasteiger partial charge in [0.05, 0.1) is 12.8 Å². The number of nitrogens with one attached hydrogen (secondary N) is 1. The molecular formula is C28H36FN3O4S. The average Bonchev–Trinajstić information content (AvgIpc) is 2.87. The highest BCUT2D eigenvalue weighted by Gasteiger charge is 2.31. The van der Waals surface area contributed by atoms with Crippen LogP contribution in [0.2, 0.25) is 0 Å². The molecule has 1 unspecified atom stereocenters. The second-order valence-corrected chi connectivity index (χ2v) is 11.6. The van der Waals surface area contributed by atoms with Gasteiger partial charge in [0.2, 0.25) is 21.8 Å². The molecule has 0 bridgehead atoms. The lowest BCUT2D eigenvalue weighted by Gasteiger charge is -2.32. The van der Waals surface area contributed by atoms with Crippen molar-refractivity contribution in [3.8, 4) is 0 Å². The average molecular weight is 530 g/mol. The summed E-state index contributed by atoms with van der Waals surface area (Å²) in [6.45, 7) is 0.0794. The first kappa shape index (κ1) is 28.5. The lowest BCUT2D eigenvalue weighted by molar-refractivity contribution is -0.141. The number of sulfonamides is 1. The number of carbonyl (C=O) groups is 2. The minimum atomic E-state index is -3.61. The van der Waals surface area contributed by atoms with E-state index in [1.165, 1.54) is 36.1 Å². The number of nitrogens with zero attached hydrogens (tertiary/aromatic N) is 2. The molecule has 0 fully saturated rings. The van der Waals surface area contributed by atoms with E-state index < -0.39 is 34.3 Å². The van der Waals surface area contributed by atoms with E-state index in [1.807, 2.05) is 30.3 Å². The fourth-order valence-corrected chi connectivity index (χ4v) is 4.68. The zero-order chi connectivity index (χ0) is 26.8. The van der Waals surface area contributed by atoms with E-state index >= 15 is 0 Å². The maximum atomic E-state index is 13.5. The molecule has 0 saturated carbocycles. The van der Waals surface area contributed by atoms with E-state index in [9.17, 15) is 22.4 Å². The number of amides is 2. The Hall–Kier alpha value is -3.04. The Kier molecular flexibility index (Phi) is 10.4. The van der Waals surface area contributed by atoms with E-state index in [-0.39, 0.29) is 18.9 Å². The maximum Gasteiger partial charge on any atom is 0.243 e. The van der Waals surface area contributed by atoms with Gasteiger partial charge in [-0.25, -0.2) is 12.8 Å². The number of hydrogen-bond acceptors (Lipinski definition) is 4. The fourth-order valence-electron chi connectivity index (χ4n) is 4.33. The summed E-state index contributed by atoms with van der Waals surface area (Å²) in [7, 11) is -2.29. The number of carbonyl (C=O) groups excluding carboxylic acids is 2. The summed E-state index contributed by atoms with van der Waals surface area (Å²) in [5.41, 5.74) is 2.83. The van der Waals surface area contributed by atoms with Crippen LogP contribution in [0.3, 0.4) is 0 Å². The van der Waals surface area contributed by atoms with Gasteiger partial charge in [-0.15, -0.1) is 0 Å². The summed E-state index contributed by atoms with van der Waals surface area (Å²) in [4.78, 5) is 28.4. The molecule has 0 aromatic heterocycles. The molecule has 37 heavy (non-hydrogen) atoms. The van der Waals surface area contributed by atoms with Gasteiger partial charge in [0, 0.05) is 26.6 Å². The van der Waals surface area contributed by atoms with Crippen LogP contribution in [0, 0.1) is 5.82 Å². The van der Waals surface area contributed by atoms with Crippen molar-refractivity contribution in [2.75, 3.05) is 26.4 Å². The van der Waals surface area contributed by atoms with Crippen molar-refractivity contribution in [3.05, 3.63) is 83.2 Å².